The van der Waals surface area contributed by atoms with Gasteiger partial charge in [0.1, 0.15) is 5.75 Å². The van der Waals surface area contributed by atoms with Gasteiger partial charge in [0, 0.05) is 5.02 Å². The van der Waals surface area contributed by atoms with Gasteiger partial charge in [0.2, 0.25) is 0 Å². The maximum absolute atomic E-state index is 11.9. The Morgan fingerprint density at radius 2 is 1.54 bits per heavy atom. The van der Waals surface area contributed by atoms with Crippen molar-refractivity contribution in [2.75, 3.05) is 26.2 Å². The second-order valence-corrected chi connectivity index (χ2v) is 6.47. The number of benzene rings is 1. The minimum Gasteiger partial charge on any atom is -0.484 e. The molecule has 1 aromatic rings. The number of nitrogens with one attached hydrogen (secondary N) is 3. The summed E-state index contributed by atoms with van der Waals surface area (Å²) in [5, 5.41) is 0.603. The maximum Gasteiger partial charge on any atom is 0.293 e. The van der Waals surface area contributed by atoms with Crippen LogP contribution in [0.3, 0.4) is 0 Å². The first-order valence-electron chi connectivity index (χ1n) is 8.43. The lowest BCUT2D eigenvalue weighted by atomic mass is 10.1. The van der Waals surface area contributed by atoms with Gasteiger partial charge in [-0.25, -0.2) is 0 Å². The van der Waals surface area contributed by atoms with Crippen molar-refractivity contribution in [2.45, 2.75) is 32.1 Å². The molecule has 3 N–H and O–H groups in total. The van der Waals surface area contributed by atoms with E-state index in [4.69, 9.17) is 16.3 Å². The van der Waals surface area contributed by atoms with E-state index in [0.717, 1.165) is 25.9 Å². The van der Waals surface area contributed by atoms with Crippen molar-refractivity contribution in [2.24, 2.45) is 0 Å². The zero-order valence-corrected chi connectivity index (χ0v) is 14.5. The summed E-state index contributed by atoms with van der Waals surface area (Å²) in [4.78, 5) is 24.9. The molecule has 2 rings (SSSR count). The smallest absolute Gasteiger partial charge is 0.293 e. The molecule has 1 saturated heterocycles. The highest BCUT2D eigenvalue weighted by molar-refractivity contribution is 6.30. The molecule has 1 fully saturated rings. The lowest BCUT2D eigenvalue weighted by Crippen LogP contribution is -3.13. The number of quaternary nitrogens is 1. The van der Waals surface area contributed by atoms with Crippen LogP contribution in [0.5, 0.6) is 5.75 Å². The molecule has 0 bridgehead atoms. The fraction of sp³-hybridized carbons (Fsp3) is 0.529. The molecule has 1 heterocycles. The van der Waals surface area contributed by atoms with Gasteiger partial charge in [-0.15, -0.1) is 0 Å². The van der Waals surface area contributed by atoms with Crippen molar-refractivity contribution < 1.29 is 19.2 Å². The Morgan fingerprint density at radius 1 is 0.958 bits per heavy atom. The number of hydrogen-bond acceptors (Lipinski definition) is 3. The third-order valence-electron chi connectivity index (χ3n) is 4.00. The first-order valence-corrected chi connectivity index (χ1v) is 8.81. The van der Waals surface area contributed by atoms with Crippen LogP contribution < -0.4 is 20.5 Å². The van der Waals surface area contributed by atoms with Gasteiger partial charge >= 0.3 is 0 Å². The van der Waals surface area contributed by atoms with Gasteiger partial charge in [-0.05, 0) is 49.9 Å². The second kappa shape index (κ2) is 10.2. The van der Waals surface area contributed by atoms with E-state index in [1.54, 1.807) is 24.3 Å². The Balaban J connectivity index is 1.63. The van der Waals surface area contributed by atoms with Crippen LogP contribution >= 0.6 is 11.6 Å². The quantitative estimate of drug-likeness (QED) is 0.682. The fourth-order valence-electron chi connectivity index (χ4n) is 2.71. The van der Waals surface area contributed by atoms with Crippen LogP contribution in [0.25, 0.3) is 0 Å². The zero-order chi connectivity index (χ0) is 17.2. The van der Waals surface area contributed by atoms with Crippen molar-refractivity contribution in [3.8, 4) is 5.75 Å². The number of carbonyl (C=O) groups excluding carboxylic acids is 2. The Labute approximate surface area is 147 Å². The predicted molar refractivity (Wildman–Crippen MR) is 91.9 cm³/mol. The summed E-state index contributed by atoms with van der Waals surface area (Å²) in [6, 6.07) is 6.73. The van der Waals surface area contributed by atoms with Gasteiger partial charge in [-0.2, -0.15) is 0 Å². The van der Waals surface area contributed by atoms with E-state index in [1.807, 2.05) is 0 Å². The summed E-state index contributed by atoms with van der Waals surface area (Å²) in [5.74, 6) is -0.0302. The van der Waals surface area contributed by atoms with Crippen molar-refractivity contribution in [1.29, 1.82) is 0 Å². The molecule has 132 valence electrons. The summed E-state index contributed by atoms with van der Waals surface area (Å²) in [5.41, 5.74) is 4.83. The number of ether oxygens (including phenoxy) is 1. The highest BCUT2D eigenvalue weighted by Crippen LogP contribution is 2.15. The van der Waals surface area contributed by atoms with Gasteiger partial charge in [0.05, 0.1) is 13.1 Å². The van der Waals surface area contributed by atoms with Gasteiger partial charge in [0.15, 0.2) is 13.2 Å². The van der Waals surface area contributed by atoms with Crippen LogP contribution in [-0.4, -0.2) is 38.1 Å². The number of rotatable bonds is 5. The number of likely N-dealkylation sites (tertiary alicyclic amines) is 1. The summed E-state index contributed by atoms with van der Waals surface area (Å²) in [7, 11) is 0. The van der Waals surface area contributed by atoms with Gasteiger partial charge < -0.3 is 9.64 Å². The van der Waals surface area contributed by atoms with Crippen molar-refractivity contribution in [1.82, 2.24) is 10.9 Å². The maximum atomic E-state index is 11.9. The SMILES string of the molecule is O=C(COc1ccc(Cl)cc1)NNC(=O)C[NH+]1CCCCCCC1. The molecule has 0 aromatic heterocycles. The first-order chi connectivity index (χ1) is 11.6. The Kier molecular flexibility index (Phi) is 7.85. The minimum absolute atomic E-state index is 0.168. The second-order valence-electron chi connectivity index (χ2n) is 6.03. The highest BCUT2D eigenvalue weighted by atomic mass is 35.5. The van der Waals surface area contributed by atoms with E-state index < -0.39 is 5.91 Å². The standard InChI is InChI=1S/C17H24ClN3O3/c18-14-6-8-15(9-7-14)24-13-17(23)20-19-16(22)12-21-10-4-2-1-3-5-11-21/h6-9H,1-5,10-13H2,(H,19,22)(H,20,23)/p+1. The summed E-state index contributed by atoms with van der Waals surface area (Å²) >= 11 is 5.77. The normalized spacial score (nSPS) is 15.9. The van der Waals surface area contributed by atoms with Crippen molar-refractivity contribution >= 4 is 23.4 Å². The molecule has 0 radical (unpaired) electrons. The van der Waals surface area contributed by atoms with Crippen LogP contribution in [0.4, 0.5) is 0 Å². The third-order valence-corrected chi connectivity index (χ3v) is 4.25. The third kappa shape index (κ3) is 7.19. The average Bonchev–Trinajstić information content (AvgIpc) is 2.55. The molecule has 24 heavy (non-hydrogen) atoms. The van der Waals surface area contributed by atoms with Crippen LogP contribution in [0.2, 0.25) is 5.02 Å². The van der Waals surface area contributed by atoms with Crippen LogP contribution in [0.15, 0.2) is 24.3 Å². The molecule has 0 unspecified atom stereocenters. The molecular formula is C17H25ClN3O3+. The average molecular weight is 355 g/mol. The number of amides is 2. The topological polar surface area (TPSA) is 71.9 Å². The lowest BCUT2D eigenvalue weighted by Gasteiger charge is -2.21. The van der Waals surface area contributed by atoms with Crippen molar-refractivity contribution in [3.05, 3.63) is 29.3 Å². The highest BCUT2D eigenvalue weighted by Gasteiger charge is 2.16. The molecule has 2 amide bonds. The molecule has 7 heteroatoms. The molecule has 1 aliphatic rings. The molecule has 0 aliphatic carbocycles. The molecule has 6 nitrogen and oxygen atoms in total. The number of hydrogen-bond donors (Lipinski definition) is 3. The van der Waals surface area contributed by atoms with E-state index in [-0.39, 0.29) is 12.5 Å². The lowest BCUT2D eigenvalue weighted by molar-refractivity contribution is -0.893. The molecule has 0 spiro atoms. The van der Waals surface area contributed by atoms with Gasteiger partial charge in [-0.3, -0.25) is 20.4 Å². The van der Waals surface area contributed by atoms with Crippen LogP contribution in [-0.2, 0) is 9.59 Å². The van der Waals surface area contributed by atoms with E-state index in [2.05, 4.69) is 10.9 Å². The Bertz CT molecular complexity index is 528. The van der Waals surface area contributed by atoms with E-state index in [9.17, 15) is 9.59 Å². The van der Waals surface area contributed by atoms with Crippen LogP contribution in [0, 0.1) is 0 Å². The Morgan fingerprint density at radius 3 is 2.21 bits per heavy atom. The van der Waals surface area contributed by atoms with E-state index >= 15 is 0 Å². The van der Waals surface area contributed by atoms with E-state index in [0.29, 0.717) is 17.3 Å². The van der Waals surface area contributed by atoms with Crippen LogP contribution in [0.1, 0.15) is 32.1 Å². The molecule has 1 aromatic carbocycles. The predicted octanol–water partition coefficient (Wildman–Crippen LogP) is 0.715. The Hall–Kier alpha value is -1.79. The fourth-order valence-corrected chi connectivity index (χ4v) is 2.83. The molecular weight excluding hydrogens is 330 g/mol. The van der Waals surface area contributed by atoms with Gasteiger partial charge in [-0.1, -0.05) is 18.0 Å². The summed E-state index contributed by atoms with van der Waals surface area (Å²) in [6.45, 7) is 2.25. The van der Waals surface area contributed by atoms with Crippen molar-refractivity contribution in [3.63, 3.8) is 0 Å². The van der Waals surface area contributed by atoms with E-state index in [1.165, 1.54) is 24.2 Å². The minimum atomic E-state index is -0.402. The number of hydrazine groups is 1. The molecule has 0 saturated carbocycles. The number of carbonyl (C=O) groups is 2. The summed E-state index contributed by atoms with van der Waals surface area (Å²) in [6.07, 6.45) is 6.09. The monoisotopic (exact) mass is 354 g/mol. The molecule has 1 aliphatic heterocycles. The summed E-state index contributed by atoms with van der Waals surface area (Å²) < 4.78 is 5.31. The first kappa shape index (κ1) is 18.5. The largest absolute Gasteiger partial charge is 0.484 e. The molecule has 0 atom stereocenters. The zero-order valence-electron chi connectivity index (χ0n) is 13.8. The number of halogens is 1. The van der Waals surface area contributed by atoms with Gasteiger partial charge in [0.25, 0.3) is 11.8 Å².